The second-order valence-corrected chi connectivity index (χ2v) is 9.98. The van der Waals surface area contributed by atoms with Gasteiger partial charge in [0.2, 0.25) is 0 Å². The van der Waals surface area contributed by atoms with Gasteiger partial charge in [-0.05, 0) is 101 Å². The predicted molar refractivity (Wildman–Crippen MR) is 151 cm³/mol. The summed E-state index contributed by atoms with van der Waals surface area (Å²) >= 11 is 6.00. The Balaban J connectivity index is 0.00000228. The fourth-order valence-corrected chi connectivity index (χ4v) is 4.97. The molecular weight excluding hydrogens is 524 g/mol. The number of carbonyl (C=O) groups excluding carboxylic acids is 1. The number of phenols is 1. The molecule has 9 heteroatoms. The first-order valence-electron chi connectivity index (χ1n) is 11.8. The van der Waals surface area contributed by atoms with E-state index >= 15 is 0 Å². The van der Waals surface area contributed by atoms with Gasteiger partial charge in [0.1, 0.15) is 0 Å². The first-order chi connectivity index (χ1) is 16.2. The zero-order valence-corrected chi connectivity index (χ0v) is 23.1. The van der Waals surface area contributed by atoms with E-state index in [-0.39, 0.29) is 41.7 Å². The standard InChI is InChI=1S/C27H31ClFN3O2.2ClH/c1-16(33)22-15-30-25-9-6-18(19-13-23(28)27(34)24(29)14-19)12-21(25)26(22)31-20-7-4-17(5-8-20)10-11-32(2)3;;/h6,9,12-15,17,20,34H,4-5,7-8,10-11H2,1-3H3,(H,30,31);2*1H. The zero-order chi connectivity index (χ0) is 24.4. The molecule has 0 atom stereocenters. The number of anilines is 1. The number of hydrogen-bond acceptors (Lipinski definition) is 5. The number of fused-ring (bicyclic) bond motifs is 1. The third-order valence-corrected chi connectivity index (χ3v) is 7.07. The van der Waals surface area contributed by atoms with Gasteiger partial charge in [-0.25, -0.2) is 4.39 Å². The molecule has 36 heavy (non-hydrogen) atoms. The van der Waals surface area contributed by atoms with Crippen molar-refractivity contribution in [3.05, 3.63) is 52.9 Å². The van der Waals surface area contributed by atoms with E-state index in [1.807, 2.05) is 18.2 Å². The quantitative estimate of drug-likeness (QED) is 0.298. The Bertz CT molecular complexity index is 1190. The van der Waals surface area contributed by atoms with Crippen LogP contribution in [0.25, 0.3) is 22.0 Å². The highest BCUT2D eigenvalue weighted by molar-refractivity contribution is 6.32. The van der Waals surface area contributed by atoms with Crippen LogP contribution in [0.2, 0.25) is 5.02 Å². The number of nitrogens with zero attached hydrogens (tertiary/aromatic N) is 2. The average molecular weight is 557 g/mol. The molecule has 1 aliphatic carbocycles. The van der Waals surface area contributed by atoms with E-state index in [1.165, 1.54) is 31.4 Å². The first-order valence-corrected chi connectivity index (χ1v) is 12.1. The Morgan fingerprint density at radius 1 is 1.14 bits per heavy atom. The fourth-order valence-electron chi connectivity index (χ4n) is 4.77. The Kier molecular flexibility index (Phi) is 10.8. The third kappa shape index (κ3) is 6.80. The number of aromatic nitrogens is 1. The summed E-state index contributed by atoms with van der Waals surface area (Å²) in [5, 5.41) is 14.1. The normalized spacial score (nSPS) is 17.4. The topological polar surface area (TPSA) is 65.5 Å². The summed E-state index contributed by atoms with van der Waals surface area (Å²) in [6.45, 7) is 2.65. The van der Waals surface area contributed by atoms with Gasteiger partial charge in [0, 0.05) is 17.6 Å². The number of phenolic OH excluding ortho intramolecular Hbond substituents is 1. The second-order valence-electron chi connectivity index (χ2n) is 9.58. The Morgan fingerprint density at radius 3 is 2.44 bits per heavy atom. The van der Waals surface area contributed by atoms with E-state index < -0.39 is 11.6 Å². The Labute approximate surface area is 229 Å². The average Bonchev–Trinajstić information content (AvgIpc) is 2.81. The number of halogens is 4. The maximum absolute atomic E-state index is 14.1. The molecule has 0 saturated heterocycles. The van der Waals surface area contributed by atoms with Gasteiger partial charge >= 0.3 is 0 Å². The highest BCUT2D eigenvalue weighted by Gasteiger charge is 2.23. The van der Waals surface area contributed by atoms with Gasteiger partial charge in [0.25, 0.3) is 0 Å². The molecule has 2 N–H and O–H groups in total. The summed E-state index contributed by atoms with van der Waals surface area (Å²) in [6.07, 6.45) is 7.29. The second kappa shape index (κ2) is 12.9. The van der Waals surface area contributed by atoms with Gasteiger partial charge in [0.15, 0.2) is 17.3 Å². The summed E-state index contributed by atoms with van der Waals surface area (Å²) < 4.78 is 14.1. The monoisotopic (exact) mass is 555 g/mol. The molecule has 0 radical (unpaired) electrons. The molecule has 3 aromatic rings. The molecule has 1 aliphatic rings. The predicted octanol–water partition coefficient (Wildman–Crippen LogP) is 7.37. The van der Waals surface area contributed by atoms with Crippen molar-refractivity contribution in [1.29, 1.82) is 0 Å². The maximum Gasteiger partial charge on any atom is 0.170 e. The van der Waals surface area contributed by atoms with Gasteiger partial charge in [-0.1, -0.05) is 17.7 Å². The molecular formula is C27H33Cl3FN3O2. The zero-order valence-electron chi connectivity index (χ0n) is 20.7. The summed E-state index contributed by atoms with van der Waals surface area (Å²) in [5.74, 6) is -0.652. The van der Waals surface area contributed by atoms with Crippen molar-refractivity contribution in [3.63, 3.8) is 0 Å². The molecule has 4 rings (SSSR count). The van der Waals surface area contributed by atoms with E-state index in [0.29, 0.717) is 11.1 Å². The lowest BCUT2D eigenvalue weighted by atomic mass is 9.83. The highest BCUT2D eigenvalue weighted by Crippen LogP contribution is 2.37. The van der Waals surface area contributed by atoms with Gasteiger partial charge in [-0.2, -0.15) is 0 Å². The number of aromatic hydroxyl groups is 1. The number of carbonyl (C=O) groups is 1. The summed E-state index contributed by atoms with van der Waals surface area (Å²) in [6, 6.07) is 8.67. The SMILES string of the molecule is CC(=O)c1cnc2ccc(-c3cc(F)c(O)c(Cl)c3)cc2c1NC1CCC(CCN(C)C)CC1.Cl.Cl. The highest BCUT2D eigenvalue weighted by atomic mass is 35.5. The van der Waals surface area contributed by atoms with Crippen LogP contribution in [0.1, 0.15) is 49.4 Å². The molecule has 196 valence electrons. The minimum absolute atomic E-state index is 0. The number of hydrogen-bond donors (Lipinski definition) is 2. The van der Waals surface area contributed by atoms with Crippen molar-refractivity contribution in [2.24, 2.45) is 5.92 Å². The molecule has 0 spiro atoms. The van der Waals surface area contributed by atoms with Crippen LogP contribution in [0.5, 0.6) is 5.75 Å². The van der Waals surface area contributed by atoms with Crippen molar-refractivity contribution in [3.8, 4) is 16.9 Å². The van der Waals surface area contributed by atoms with Crippen LogP contribution in [-0.2, 0) is 0 Å². The lowest BCUT2D eigenvalue weighted by Crippen LogP contribution is -2.28. The summed E-state index contributed by atoms with van der Waals surface area (Å²) in [7, 11) is 4.22. The van der Waals surface area contributed by atoms with Crippen LogP contribution in [0.4, 0.5) is 10.1 Å². The molecule has 1 saturated carbocycles. The van der Waals surface area contributed by atoms with Gasteiger partial charge in [0.05, 0.1) is 21.8 Å². The molecule has 5 nitrogen and oxygen atoms in total. The van der Waals surface area contributed by atoms with E-state index in [9.17, 15) is 14.3 Å². The molecule has 0 unspecified atom stereocenters. The lowest BCUT2D eigenvalue weighted by Gasteiger charge is -2.31. The smallest absolute Gasteiger partial charge is 0.170 e. The molecule has 2 aromatic carbocycles. The van der Waals surface area contributed by atoms with Crippen LogP contribution in [0.3, 0.4) is 0 Å². The minimum atomic E-state index is -0.775. The van der Waals surface area contributed by atoms with E-state index in [4.69, 9.17) is 11.6 Å². The van der Waals surface area contributed by atoms with Gasteiger partial charge < -0.3 is 15.3 Å². The van der Waals surface area contributed by atoms with Gasteiger partial charge in [-0.3, -0.25) is 9.78 Å². The number of Topliss-reactive ketones (excluding diaryl/α,β-unsaturated/α-hetero) is 1. The Morgan fingerprint density at radius 2 is 1.83 bits per heavy atom. The van der Waals surface area contributed by atoms with Crippen molar-refractivity contribution in [2.75, 3.05) is 26.0 Å². The number of nitrogens with one attached hydrogen (secondary N) is 1. The van der Waals surface area contributed by atoms with Crippen molar-refractivity contribution < 1.29 is 14.3 Å². The molecule has 1 heterocycles. The van der Waals surface area contributed by atoms with Crippen LogP contribution in [0.15, 0.2) is 36.5 Å². The van der Waals surface area contributed by atoms with Crippen LogP contribution < -0.4 is 5.32 Å². The molecule has 1 fully saturated rings. The lowest BCUT2D eigenvalue weighted by molar-refractivity contribution is 0.101. The van der Waals surface area contributed by atoms with Crippen LogP contribution in [-0.4, -0.2) is 47.5 Å². The number of ketones is 1. The van der Waals surface area contributed by atoms with Gasteiger partial charge in [-0.15, -0.1) is 24.8 Å². The molecule has 0 amide bonds. The van der Waals surface area contributed by atoms with E-state index in [0.717, 1.165) is 47.5 Å². The number of benzene rings is 2. The van der Waals surface area contributed by atoms with Crippen molar-refractivity contribution >= 4 is 58.8 Å². The minimum Gasteiger partial charge on any atom is -0.504 e. The van der Waals surface area contributed by atoms with Crippen LogP contribution >= 0.6 is 36.4 Å². The third-order valence-electron chi connectivity index (χ3n) is 6.78. The molecule has 0 aliphatic heterocycles. The Hall–Kier alpha value is -2.12. The van der Waals surface area contributed by atoms with E-state index in [2.05, 4.69) is 29.3 Å². The maximum atomic E-state index is 14.1. The number of pyridine rings is 1. The van der Waals surface area contributed by atoms with Crippen molar-refractivity contribution in [1.82, 2.24) is 9.88 Å². The fraction of sp³-hybridized carbons (Fsp3) is 0.407. The summed E-state index contributed by atoms with van der Waals surface area (Å²) in [5.41, 5.74) is 3.35. The summed E-state index contributed by atoms with van der Waals surface area (Å²) in [4.78, 5) is 19.2. The largest absolute Gasteiger partial charge is 0.504 e. The number of rotatable bonds is 7. The van der Waals surface area contributed by atoms with Crippen LogP contribution in [0, 0.1) is 11.7 Å². The molecule has 0 bridgehead atoms. The van der Waals surface area contributed by atoms with E-state index in [1.54, 1.807) is 13.1 Å². The van der Waals surface area contributed by atoms with Crippen molar-refractivity contribution in [2.45, 2.75) is 45.1 Å². The molecule has 1 aromatic heterocycles. The first kappa shape index (κ1) is 30.1.